The summed E-state index contributed by atoms with van der Waals surface area (Å²) < 4.78 is 18.5. The van der Waals surface area contributed by atoms with Crippen LogP contribution in [0, 0.1) is 13.8 Å². The lowest BCUT2D eigenvalue weighted by Crippen LogP contribution is -2.41. The number of Topliss-reactive ketones (excluding diaryl/α,β-unsaturated/α-hetero) is 1. The van der Waals surface area contributed by atoms with E-state index in [0.717, 1.165) is 35.7 Å². The molecule has 3 aliphatic rings. The molecule has 1 N–H and O–H groups in total. The van der Waals surface area contributed by atoms with Crippen molar-refractivity contribution in [1.82, 2.24) is 14.8 Å². The van der Waals surface area contributed by atoms with E-state index < -0.39 is 17.5 Å². The summed E-state index contributed by atoms with van der Waals surface area (Å²) in [4.78, 5) is 40.2. The molecule has 33 heavy (non-hydrogen) atoms. The number of urea groups is 1. The number of aromatic nitrogens is 1. The molecule has 174 valence electrons. The van der Waals surface area contributed by atoms with Crippen molar-refractivity contribution in [2.24, 2.45) is 0 Å². The van der Waals surface area contributed by atoms with Crippen LogP contribution in [0.2, 0.25) is 0 Å². The zero-order valence-electron chi connectivity index (χ0n) is 19.0. The van der Waals surface area contributed by atoms with Crippen molar-refractivity contribution in [3.8, 4) is 11.5 Å². The fraction of sp³-hybridized carbons (Fsp3) is 0.458. The van der Waals surface area contributed by atoms with Gasteiger partial charge in [0.2, 0.25) is 6.79 Å². The van der Waals surface area contributed by atoms with Gasteiger partial charge in [0, 0.05) is 30.1 Å². The Morgan fingerprint density at radius 2 is 1.97 bits per heavy atom. The molecule has 4 heterocycles. The van der Waals surface area contributed by atoms with Crippen LogP contribution in [0.3, 0.4) is 0 Å². The second kappa shape index (κ2) is 7.91. The van der Waals surface area contributed by atoms with Gasteiger partial charge in [-0.2, -0.15) is 0 Å². The molecule has 2 saturated heterocycles. The van der Waals surface area contributed by atoms with Gasteiger partial charge in [0.05, 0.1) is 12.6 Å². The molecule has 0 aliphatic carbocycles. The highest BCUT2D eigenvalue weighted by molar-refractivity contribution is 6.11. The van der Waals surface area contributed by atoms with E-state index in [0.29, 0.717) is 29.2 Å². The number of carbonyl (C=O) groups excluding carboxylic acids is 3. The van der Waals surface area contributed by atoms with Crippen LogP contribution >= 0.6 is 0 Å². The van der Waals surface area contributed by atoms with Crippen molar-refractivity contribution in [2.45, 2.75) is 51.8 Å². The van der Waals surface area contributed by atoms with Crippen molar-refractivity contribution in [2.75, 3.05) is 19.9 Å². The second-order valence-corrected chi connectivity index (χ2v) is 8.97. The average molecular weight is 453 g/mol. The molecule has 2 fully saturated rings. The number of rotatable bonds is 6. The number of hydrogen-bond acceptors (Lipinski definition) is 6. The first-order valence-corrected chi connectivity index (χ1v) is 11.1. The molecule has 2 atom stereocenters. The molecule has 1 aromatic carbocycles. The lowest BCUT2D eigenvalue weighted by atomic mass is 9.91. The monoisotopic (exact) mass is 453 g/mol. The molecule has 1 aromatic heterocycles. The maximum absolute atomic E-state index is 13.3. The molecule has 9 heteroatoms. The summed E-state index contributed by atoms with van der Waals surface area (Å²) in [5.74, 6) is 0.349. The van der Waals surface area contributed by atoms with Crippen LogP contribution in [0.5, 0.6) is 11.5 Å². The fourth-order valence-corrected chi connectivity index (χ4v) is 4.83. The van der Waals surface area contributed by atoms with E-state index >= 15 is 0 Å². The highest BCUT2D eigenvalue weighted by Gasteiger charge is 2.50. The number of fused-ring (bicyclic) bond motifs is 1. The minimum Gasteiger partial charge on any atom is -0.454 e. The Morgan fingerprint density at radius 3 is 2.73 bits per heavy atom. The first kappa shape index (κ1) is 21.5. The molecular formula is C24H27N3O6. The summed E-state index contributed by atoms with van der Waals surface area (Å²) in [7, 11) is 0. The van der Waals surface area contributed by atoms with Crippen LogP contribution < -0.4 is 14.8 Å². The molecule has 0 bridgehead atoms. The molecule has 0 radical (unpaired) electrons. The van der Waals surface area contributed by atoms with Crippen molar-refractivity contribution in [1.29, 1.82) is 0 Å². The van der Waals surface area contributed by atoms with E-state index in [-0.39, 0.29) is 25.2 Å². The Bertz CT molecular complexity index is 1150. The standard InChI is InChI=1S/C24H27N3O6/c1-14-9-18(15(2)26(14)11-17-5-4-8-31-17)19(28)12-27-22(29)24(3,25-23(27)30)16-6-7-20-21(10-16)33-13-32-20/h6-7,9-10,17H,4-5,8,11-13H2,1-3H3,(H,25,30)/t17-,24+/m1/s1. The van der Waals surface area contributed by atoms with Crippen LogP contribution in [0.25, 0.3) is 0 Å². The molecule has 9 nitrogen and oxygen atoms in total. The van der Waals surface area contributed by atoms with Gasteiger partial charge in [-0.15, -0.1) is 0 Å². The quantitative estimate of drug-likeness (QED) is 0.533. The van der Waals surface area contributed by atoms with E-state index in [1.165, 1.54) is 0 Å². The summed E-state index contributed by atoms with van der Waals surface area (Å²) in [6, 6.07) is 6.34. The summed E-state index contributed by atoms with van der Waals surface area (Å²) >= 11 is 0. The molecule has 2 aromatic rings. The minimum absolute atomic E-state index is 0.113. The first-order valence-electron chi connectivity index (χ1n) is 11.1. The number of ether oxygens (including phenoxy) is 3. The molecule has 0 saturated carbocycles. The SMILES string of the molecule is Cc1cc(C(=O)CN2C(=O)N[C@@](C)(c3ccc4c(c3)OCO4)C2=O)c(C)n1C[C@H]1CCCO1. The highest BCUT2D eigenvalue weighted by Crippen LogP contribution is 2.38. The summed E-state index contributed by atoms with van der Waals surface area (Å²) in [5, 5.41) is 2.74. The maximum Gasteiger partial charge on any atom is 0.325 e. The Balaban J connectivity index is 1.35. The number of ketones is 1. The number of amides is 3. The van der Waals surface area contributed by atoms with Gasteiger partial charge >= 0.3 is 6.03 Å². The van der Waals surface area contributed by atoms with Crippen molar-refractivity contribution in [3.05, 3.63) is 46.8 Å². The molecular weight excluding hydrogens is 426 g/mol. The van der Waals surface area contributed by atoms with E-state index in [2.05, 4.69) is 9.88 Å². The molecule has 3 amide bonds. The van der Waals surface area contributed by atoms with E-state index in [4.69, 9.17) is 14.2 Å². The zero-order chi connectivity index (χ0) is 23.3. The third kappa shape index (κ3) is 3.56. The normalized spacial score (nSPS) is 24.0. The minimum atomic E-state index is -1.30. The van der Waals surface area contributed by atoms with Crippen LogP contribution in [0.15, 0.2) is 24.3 Å². The fourth-order valence-electron chi connectivity index (χ4n) is 4.83. The molecule has 0 unspecified atom stereocenters. The van der Waals surface area contributed by atoms with E-state index in [1.807, 2.05) is 19.9 Å². The topological polar surface area (TPSA) is 99.1 Å². The van der Waals surface area contributed by atoms with Gasteiger partial charge in [-0.05, 0) is 57.4 Å². The predicted molar refractivity (Wildman–Crippen MR) is 117 cm³/mol. The van der Waals surface area contributed by atoms with Gasteiger partial charge < -0.3 is 24.1 Å². The van der Waals surface area contributed by atoms with Gasteiger partial charge in [0.1, 0.15) is 5.54 Å². The second-order valence-electron chi connectivity index (χ2n) is 8.97. The lowest BCUT2D eigenvalue weighted by molar-refractivity contribution is -0.130. The van der Waals surface area contributed by atoms with Gasteiger partial charge in [0.25, 0.3) is 5.91 Å². The van der Waals surface area contributed by atoms with Gasteiger partial charge in [-0.1, -0.05) is 6.07 Å². The summed E-state index contributed by atoms with van der Waals surface area (Å²) in [6.45, 7) is 6.71. The summed E-state index contributed by atoms with van der Waals surface area (Å²) in [6.07, 6.45) is 2.19. The van der Waals surface area contributed by atoms with Crippen molar-refractivity contribution in [3.63, 3.8) is 0 Å². The van der Waals surface area contributed by atoms with E-state index in [1.54, 1.807) is 25.1 Å². The number of nitrogens with one attached hydrogen (secondary N) is 1. The van der Waals surface area contributed by atoms with Crippen LogP contribution in [0.4, 0.5) is 4.79 Å². The maximum atomic E-state index is 13.3. The van der Waals surface area contributed by atoms with Crippen molar-refractivity contribution >= 4 is 17.7 Å². The number of benzene rings is 1. The molecule has 5 rings (SSSR count). The largest absolute Gasteiger partial charge is 0.454 e. The van der Waals surface area contributed by atoms with Crippen molar-refractivity contribution < 1.29 is 28.6 Å². The Hall–Kier alpha value is -3.33. The molecule has 0 spiro atoms. The molecule has 3 aliphatic heterocycles. The summed E-state index contributed by atoms with van der Waals surface area (Å²) in [5.41, 5.74) is 1.56. The number of hydrogen-bond donors (Lipinski definition) is 1. The third-order valence-electron chi connectivity index (χ3n) is 6.81. The van der Waals surface area contributed by atoms with Gasteiger partial charge in [0.15, 0.2) is 17.3 Å². The van der Waals surface area contributed by atoms with Crippen LogP contribution in [-0.2, 0) is 21.6 Å². The van der Waals surface area contributed by atoms with Crippen LogP contribution in [0.1, 0.15) is 47.1 Å². The van der Waals surface area contributed by atoms with Gasteiger partial charge in [-0.25, -0.2) is 4.79 Å². The first-order chi connectivity index (χ1) is 15.8. The smallest absolute Gasteiger partial charge is 0.325 e. The number of aryl methyl sites for hydroxylation is 1. The van der Waals surface area contributed by atoms with Crippen LogP contribution in [-0.4, -0.2) is 53.2 Å². The third-order valence-corrected chi connectivity index (χ3v) is 6.81. The Morgan fingerprint density at radius 1 is 1.18 bits per heavy atom. The number of imide groups is 1. The van der Waals surface area contributed by atoms with Gasteiger partial charge in [-0.3, -0.25) is 14.5 Å². The predicted octanol–water partition coefficient (Wildman–Crippen LogP) is 2.66. The zero-order valence-corrected chi connectivity index (χ0v) is 19.0. The highest BCUT2D eigenvalue weighted by atomic mass is 16.7. The van der Waals surface area contributed by atoms with E-state index in [9.17, 15) is 14.4 Å². The Kier molecular flexibility index (Phi) is 5.16. The number of nitrogens with zero attached hydrogens (tertiary/aromatic N) is 2. The Labute approximate surface area is 191 Å². The average Bonchev–Trinajstić information content (AvgIpc) is 3.56. The lowest BCUT2D eigenvalue weighted by Gasteiger charge is -2.22. The number of carbonyl (C=O) groups is 3.